The van der Waals surface area contributed by atoms with Gasteiger partial charge in [0.05, 0.1) is 6.04 Å². The van der Waals surface area contributed by atoms with Crippen molar-refractivity contribution in [1.82, 2.24) is 5.32 Å². The Balaban J connectivity index is 2.50. The molecule has 1 unspecified atom stereocenters. The topological polar surface area (TPSA) is 12.0 Å². The summed E-state index contributed by atoms with van der Waals surface area (Å²) in [5, 5.41) is 3.47. The van der Waals surface area contributed by atoms with Crippen molar-refractivity contribution in [2.24, 2.45) is 0 Å². The summed E-state index contributed by atoms with van der Waals surface area (Å²) in [6, 6.07) is 7.24. The predicted molar refractivity (Wildman–Crippen MR) is 85.3 cm³/mol. The van der Waals surface area contributed by atoms with E-state index < -0.39 is 0 Å². The van der Waals surface area contributed by atoms with Gasteiger partial charge in [-0.3, -0.25) is 0 Å². The van der Waals surface area contributed by atoms with Crippen LogP contribution in [-0.4, -0.2) is 7.05 Å². The maximum atomic E-state index is 3.47. The molecule has 0 bridgehead atoms. The maximum absolute atomic E-state index is 3.47. The van der Waals surface area contributed by atoms with Crippen molar-refractivity contribution in [1.29, 1.82) is 0 Å². The van der Waals surface area contributed by atoms with Crippen LogP contribution in [0.3, 0.4) is 0 Å². The fraction of sp³-hybridized carbons (Fsp3) is 0.412. The first-order chi connectivity index (χ1) is 8.93. The predicted octanol–water partition coefficient (Wildman–Crippen LogP) is 4.60. The van der Waals surface area contributed by atoms with Crippen LogP contribution in [0.2, 0.25) is 0 Å². The molecule has 2 aromatic rings. The Labute approximate surface area is 120 Å². The molecule has 102 valence electrons. The third kappa shape index (κ3) is 2.75. The van der Waals surface area contributed by atoms with Crippen molar-refractivity contribution in [3.63, 3.8) is 0 Å². The van der Waals surface area contributed by atoms with Crippen molar-refractivity contribution >= 4 is 11.3 Å². The Morgan fingerprint density at radius 3 is 2.00 bits per heavy atom. The molecule has 1 aromatic heterocycles. The molecule has 0 radical (unpaired) electrons. The summed E-state index contributed by atoms with van der Waals surface area (Å²) in [4.78, 5) is 2.82. The molecule has 19 heavy (non-hydrogen) atoms. The molecule has 0 aliphatic rings. The van der Waals surface area contributed by atoms with E-state index in [1.807, 2.05) is 18.4 Å². The first-order valence-electron chi connectivity index (χ1n) is 6.76. The Kier molecular flexibility index (Phi) is 4.12. The normalized spacial score (nSPS) is 12.7. The van der Waals surface area contributed by atoms with Crippen LogP contribution in [0.5, 0.6) is 0 Å². The first kappa shape index (κ1) is 14.3. The van der Waals surface area contributed by atoms with Gasteiger partial charge < -0.3 is 5.32 Å². The van der Waals surface area contributed by atoms with E-state index in [2.05, 4.69) is 58.1 Å². The van der Waals surface area contributed by atoms with Crippen LogP contribution >= 0.6 is 11.3 Å². The van der Waals surface area contributed by atoms with Crippen molar-refractivity contribution in [2.75, 3.05) is 7.05 Å². The summed E-state index contributed by atoms with van der Waals surface area (Å²) < 4.78 is 0. The second-order valence-electron chi connectivity index (χ2n) is 5.40. The maximum Gasteiger partial charge on any atom is 0.0671 e. The fourth-order valence-corrected chi connectivity index (χ4v) is 3.66. The molecule has 1 nitrogen and oxygen atoms in total. The molecule has 0 aliphatic heterocycles. The van der Waals surface area contributed by atoms with Crippen LogP contribution in [0.15, 0.2) is 18.2 Å². The van der Waals surface area contributed by atoms with Crippen LogP contribution < -0.4 is 5.32 Å². The molecule has 0 saturated carbocycles. The highest BCUT2D eigenvalue weighted by molar-refractivity contribution is 7.12. The van der Waals surface area contributed by atoms with Crippen molar-refractivity contribution in [2.45, 2.75) is 40.7 Å². The summed E-state index contributed by atoms with van der Waals surface area (Å²) in [6.45, 7) is 11.0. The van der Waals surface area contributed by atoms with Gasteiger partial charge in [0.25, 0.3) is 0 Å². The summed E-state index contributed by atoms with van der Waals surface area (Å²) in [5.74, 6) is 0. The molecule has 0 aliphatic carbocycles. The minimum absolute atomic E-state index is 0.302. The Bertz CT molecular complexity index is 576. The van der Waals surface area contributed by atoms with E-state index in [9.17, 15) is 0 Å². The van der Waals surface area contributed by atoms with Gasteiger partial charge in [-0.1, -0.05) is 12.1 Å². The van der Waals surface area contributed by atoms with Gasteiger partial charge in [0.2, 0.25) is 0 Å². The van der Waals surface area contributed by atoms with Gasteiger partial charge in [0, 0.05) is 9.75 Å². The smallest absolute Gasteiger partial charge is 0.0671 e. The fourth-order valence-electron chi connectivity index (χ4n) is 2.49. The zero-order valence-electron chi connectivity index (χ0n) is 12.7. The molecule has 1 heterocycles. The van der Waals surface area contributed by atoms with Gasteiger partial charge in [-0.05, 0) is 75.5 Å². The van der Waals surface area contributed by atoms with Crippen molar-refractivity contribution < 1.29 is 0 Å². The van der Waals surface area contributed by atoms with Gasteiger partial charge in [0.1, 0.15) is 0 Å². The van der Waals surface area contributed by atoms with Gasteiger partial charge in [-0.15, -0.1) is 11.3 Å². The number of nitrogens with one attached hydrogen (secondary N) is 1. The number of benzene rings is 1. The quantitative estimate of drug-likeness (QED) is 0.862. The molecule has 0 saturated heterocycles. The lowest BCUT2D eigenvalue weighted by molar-refractivity contribution is 0.698. The lowest BCUT2D eigenvalue weighted by Crippen LogP contribution is -2.18. The highest BCUT2D eigenvalue weighted by Gasteiger charge is 2.17. The molecule has 0 spiro atoms. The van der Waals surface area contributed by atoms with E-state index >= 15 is 0 Å². The van der Waals surface area contributed by atoms with Crippen LogP contribution in [0.4, 0.5) is 0 Å². The van der Waals surface area contributed by atoms with Crippen LogP contribution in [0.1, 0.15) is 43.6 Å². The van der Waals surface area contributed by atoms with Crippen molar-refractivity contribution in [3.8, 4) is 0 Å². The van der Waals surface area contributed by atoms with Gasteiger partial charge >= 0.3 is 0 Å². The highest BCUT2D eigenvalue weighted by Crippen LogP contribution is 2.33. The second-order valence-corrected chi connectivity index (χ2v) is 6.69. The summed E-state index contributed by atoms with van der Waals surface area (Å²) >= 11 is 1.90. The van der Waals surface area contributed by atoms with E-state index in [1.54, 1.807) is 0 Å². The zero-order valence-corrected chi connectivity index (χ0v) is 13.5. The van der Waals surface area contributed by atoms with E-state index in [4.69, 9.17) is 0 Å². The summed E-state index contributed by atoms with van der Waals surface area (Å²) in [6.07, 6.45) is 0. The first-order valence-corrected chi connectivity index (χ1v) is 7.57. The highest BCUT2D eigenvalue weighted by atomic mass is 32.1. The van der Waals surface area contributed by atoms with Crippen LogP contribution in [-0.2, 0) is 0 Å². The summed E-state index contributed by atoms with van der Waals surface area (Å²) in [7, 11) is 2.05. The van der Waals surface area contributed by atoms with E-state index in [0.29, 0.717) is 6.04 Å². The Morgan fingerprint density at radius 1 is 0.842 bits per heavy atom. The molecular weight excluding hydrogens is 250 g/mol. The monoisotopic (exact) mass is 273 g/mol. The number of rotatable bonds is 3. The van der Waals surface area contributed by atoms with Crippen molar-refractivity contribution in [3.05, 3.63) is 55.8 Å². The molecular formula is C17H23NS. The second kappa shape index (κ2) is 5.48. The van der Waals surface area contributed by atoms with E-state index in [0.717, 1.165) is 0 Å². The molecule has 0 fully saturated rings. The zero-order chi connectivity index (χ0) is 14.2. The number of hydrogen-bond donors (Lipinski definition) is 1. The average Bonchev–Trinajstić information content (AvgIpc) is 2.67. The van der Waals surface area contributed by atoms with E-state index in [1.165, 1.54) is 37.6 Å². The lowest BCUT2D eigenvalue weighted by atomic mass is 9.95. The third-order valence-corrected chi connectivity index (χ3v) is 5.17. The van der Waals surface area contributed by atoms with Gasteiger partial charge in [0.15, 0.2) is 0 Å². The Hall–Kier alpha value is -1.12. The number of aryl methyl sites for hydroxylation is 5. The Morgan fingerprint density at radius 2 is 1.47 bits per heavy atom. The standard InChI is InChI=1S/C17H23NS/c1-10-7-13(4)15(8-11(10)2)17(18-6)16-9-12(3)14(5)19-16/h7-9,17-18H,1-6H3. The van der Waals surface area contributed by atoms with E-state index in [-0.39, 0.29) is 0 Å². The summed E-state index contributed by atoms with van der Waals surface area (Å²) in [5.41, 5.74) is 6.89. The largest absolute Gasteiger partial charge is 0.309 e. The minimum Gasteiger partial charge on any atom is -0.309 e. The molecule has 1 aromatic carbocycles. The molecule has 0 amide bonds. The minimum atomic E-state index is 0.302. The molecule has 2 rings (SSSR count). The number of hydrogen-bond acceptors (Lipinski definition) is 2. The van der Waals surface area contributed by atoms with Crippen LogP contribution in [0, 0.1) is 34.6 Å². The van der Waals surface area contributed by atoms with Gasteiger partial charge in [-0.2, -0.15) is 0 Å². The number of thiophene rings is 1. The molecule has 2 heteroatoms. The average molecular weight is 273 g/mol. The third-order valence-electron chi connectivity index (χ3n) is 3.95. The lowest BCUT2D eigenvalue weighted by Gasteiger charge is -2.19. The molecule has 1 N–H and O–H groups in total. The SMILES string of the molecule is CNC(c1cc(C)c(C)s1)c1cc(C)c(C)cc1C. The molecule has 1 atom stereocenters. The van der Waals surface area contributed by atoms with Crippen LogP contribution in [0.25, 0.3) is 0 Å². The van der Waals surface area contributed by atoms with Gasteiger partial charge in [-0.25, -0.2) is 0 Å².